The summed E-state index contributed by atoms with van der Waals surface area (Å²) in [6, 6.07) is 8.67. The van der Waals surface area contributed by atoms with Gasteiger partial charge in [-0.1, -0.05) is 12.1 Å². The Labute approximate surface area is 186 Å². The van der Waals surface area contributed by atoms with E-state index >= 15 is 0 Å². The second kappa shape index (κ2) is 9.17. The van der Waals surface area contributed by atoms with Crippen molar-refractivity contribution in [3.05, 3.63) is 65.5 Å². The van der Waals surface area contributed by atoms with Crippen LogP contribution in [-0.4, -0.2) is 50.1 Å². The van der Waals surface area contributed by atoms with Gasteiger partial charge in [0.2, 0.25) is 0 Å². The minimum atomic E-state index is -0.315. The Bertz CT molecular complexity index is 1140. The van der Waals surface area contributed by atoms with Crippen LogP contribution in [0, 0.1) is 6.92 Å². The van der Waals surface area contributed by atoms with Crippen molar-refractivity contribution in [3.8, 4) is 5.75 Å². The predicted octanol–water partition coefficient (Wildman–Crippen LogP) is 3.15. The van der Waals surface area contributed by atoms with Crippen LogP contribution in [-0.2, 0) is 7.05 Å². The van der Waals surface area contributed by atoms with Crippen molar-refractivity contribution in [2.45, 2.75) is 32.2 Å². The topological polar surface area (TPSA) is 102 Å². The molecule has 1 atom stereocenters. The van der Waals surface area contributed by atoms with E-state index in [1.807, 2.05) is 17.0 Å². The molecule has 9 heteroatoms. The number of hydrogen-bond donors (Lipinski definition) is 1. The molecule has 0 spiro atoms. The van der Waals surface area contributed by atoms with E-state index < -0.39 is 0 Å². The van der Waals surface area contributed by atoms with Crippen LogP contribution in [0.2, 0.25) is 0 Å². The first kappa shape index (κ1) is 21.5. The SMILES string of the molecule is COc1ccccc1NC(=O)c1cnc([C@@H]2CCCCN2C(=O)c2ccnn2C)nc1C. The van der Waals surface area contributed by atoms with Crippen LogP contribution in [0.5, 0.6) is 5.75 Å². The Kier molecular flexibility index (Phi) is 6.16. The summed E-state index contributed by atoms with van der Waals surface area (Å²) in [5.41, 5.74) is 2.03. The van der Waals surface area contributed by atoms with Gasteiger partial charge in [-0.15, -0.1) is 0 Å². The van der Waals surface area contributed by atoms with E-state index in [2.05, 4.69) is 20.4 Å². The Morgan fingerprint density at radius 1 is 1.19 bits per heavy atom. The second-order valence-corrected chi connectivity index (χ2v) is 7.73. The molecule has 0 bridgehead atoms. The lowest BCUT2D eigenvalue weighted by molar-refractivity contribution is 0.0587. The molecule has 0 radical (unpaired) electrons. The zero-order chi connectivity index (χ0) is 22.7. The summed E-state index contributed by atoms with van der Waals surface area (Å²) < 4.78 is 6.87. The maximum Gasteiger partial charge on any atom is 0.272 e. The number of rotatable bonds is 5. The Morgan fingerprint density at radius 2 is 2.00 bits per heavy atom. The fourth-order valence-corrected chi connectivity index (χ4v) is 3.98. The summed E-state index contributed by atoms with van der Waals surface area (Å²) in [5.74, 6) is 0.716. The number of hydrogen-bond acceptors (Lipinski definition) is 6. The largest absolute Gasteiger partial charge is 0.495 e. The molecule has 0 saturated carbocycles. The Hall–Kier alpha value is -3.75. The second-order valence-electron chi connectivity index (χ2n) is 7.73. The van der Waals surface area contributed by atoms with Gasteiger partial charge in [-0.05, 0) is 44.4 Å². The highest BCUT2D eigenvalue weighted by Crippen LogP contribution is 2.31. The van der Waals surface area contributed by atoms with E-state index in [-0.39, 0.29) is 17.9 Å². The monoisotopic (exact) mass is 434 g/mol. The van der Waals surface area contributed by atoms with Crippen molar-refractivity contribution in [1.29, 1.82) is 0 Å². The van der Waals surface area contributed by atoms with Crippen LogP contribution in [0.4, 0.5) is 5.69 Å². The van der Waals surface area contributed by atoms with Crippen molar-refractivity contribution < 1.29 is 14.3 Å². The maximum absolute atomic E-state index is 13.1. The van der Waals surface area contributed by atoms with Crippen molar-refractivity contribution in [3.63, 3.8) is 0 Å². The summed E-state index contributed by atoms with van der Waals surface area (Å²) in [6.45, 7) is 2.41. The Morgan fingerprint density at radius 3 is 2.72 bits per heavy atom. The number of aryl methyl sites for hydroxylation is 2. The van der Waals surface area contributed by atoms with E-state index in [1.165, 1.54) is 6.20 Å². The number of amides is 2. The maximum atomic E-state index is 13.1. The molecule has 1 N–H and O–H groups in total. The van der Waals surface area contributed by atoms with Gasteiger partial charge in [0, 0.05) is 26.0 Å². The average Bonchev–Trinajstić information content (AvgIpc) is 3.24. The molecule has 3 heterocycles. The molecule has 0 aliphatic carbocycles. The van der Waals surface area contributed by atoms with Crippen LogP contribution in [0.1, 0.15) is 57.7 Å². The zero-order valence-electron chi connectivity index (χ0n) is 18.4. The number of nitrogens with one attached hydrogen (secondary N) is 1. The highest BCUT2D eigenvalue weighted by molar-refractivity contribution is 6.05. The third-order valence-corrected chi connectivity index (χ3v) is 5.70. The quantitative estimate of drug-likeness (QED) is 0.662. The fraction of sp³-hybridized carbons (Fsp3) is 0.348. The molecule has 166 valence electrons. The Balaban J connectivity index is 1.57. The number of carbonyl (C=O) groups is 2. The number of benzene rings is 1. The van der Waals surface area contributed by atoms with Crippen molar-refractivity contribution in [2.75, 3.05) is 19.0 Å². The van der Waals surface area contributed by atoms with Gasteiger partial charge < -0.3 is 15.0 Å². The molecule has 1 aliphatic heterocycles. The molecule has 2 aromatic heterocycles. The molecule has 1 saturated heterocycles. The summed E-state index contributed by atoms with van der Waals surface area (Å²) in [6.07, 6.45) is 5.83. The number of ether oxygens (including phenoxy) is 1. The highest BCUT2D eigenvalue weighted by Gasteiger charge is 2.32. The molecule has 3 aromatic rings. The molecular weight excluding hydrogens is 408 g/mol. The third kappa shape index (κ3) is 4.18. The molecule has 1 fully saturated rings. The number of nitrogens with zero attached hydrogens (tertiary/aromatic N) is 5. The number of aromatic nitrogens is 4. The lowest BCUT2D eigenvalue weighted by atomic mass is 10.0. The van der Waals surface area contributed by atoms with Crippen molar-refractivity contribution in [1.82, 2.24) is 24.6 Å². The van der Waals surface area contributed by atoms with Gasteiger partial charge in [0.1, 0.15) is 11.4 Å². The fourth-order valence-electron chi connectivity index (χ4n) is 3.98. The number of para-hydroxylation sites is 2. The molecule has 4 rings (SSSR count). The number of likely N-dealkylation sites (tertiary alicyclic amines) is 1. The van der Waals surface area contributed by atoms with E-state index in [9.17, 15) is 9.59 Å². The van der Waals surface area contributed by atoms with Gasteiger partial charge in [0.05, 0.1) is 30.1 Å². The number of methoxy groups -OCH3 is 1. The normalized spacial score (nSPS) is 16.0. The average molecular weight is 435 g/mol. The van der Waals surface area contributed by atoms with Crippen molar-refractivity contribution >= 4 is 17.5 Å². The van der Waals surface area contributed by atoms with Crippen LogP contribution in [0.3, 0.4) is 0 Å². The van der Waals surface area contributed by atoms with Crippen LogP contribution < -0.4 is 10.1 Å². The van der Waals surface area contributed by atoms with Crippen LogP contribution >= 0.6 is 0 Å². The molecule has 9 nitrogen and oxygen atoms in total. The first-order valence-electron chi connectivity index (χ1n) is 10.6. The van der Waals surface area contributed by atoms with Crippen LogP contribution in [0.25, 0.3) is 0 Å². The van der Waals surface area contributed by atoms with E-state index in [4.69, 9.17) is 4.74 Å². The minimum absolute atomic E-state index is 0.0889. The summed E-state index contributed by atoms with van der Waals surface area (Å²) in [7, 11) is 3.30. The molecule has 1 aromatic carbocycles. The highest BCUT2D eigenvalue weighted by atomic mass is 16.5. The van der Waals surface area contributed by atoms with Crippen molar-refractivity contribution in [2.24, 2.45) is 7.05 Å². The number of piperidine rings is 1. The first-order chi connectivity index (χ1) is 15.5. The lowest BCUT2D eigenvalue weighted by Crippen LogP contribution is -2.40. The van der Waals surface area contributed by atoms with Gasteiger partial charge in [-0.3, -0.25) is 14.3 Å². The van der Waals surface area contributed by atoms with Gasteiger partial charge in [-0.2, -0.15) is 5.10 Å². The van der Waals surface area contributed by atoms with E-state index in [0.717, 1.165) is 19.3 Å². The summed E-state index contributed by atoms with van der Waals surface area (Å²) in [5, 5.41) is 6.96. The van der Waals surface area contributed by atoms with E-state index in [0.29, 0.717) is 40.8 Å². The van der Waals surface area contributed by atoms with Gasteiger partial charge in [-0.25, -0.2) is 9.97 Å². The zero-order valence-corrected chi connectivity index (χ0v) is 18.4. The minimum Gasteiger partial charge on any atom is -0.495 e. The van der Waals surface area contributed by atoms with E-state index in [1.54, 1.807) is 50.2 Å². The van der Waals surface area contributed by atoms with Crippen LogP contribution in [0.15, 0.2) is 42.7 Å². The van der Waals surface area contributed by atoms with Gasteiger partial charge in [0.15, 0.2) is 5.82 Å². The predicted molar refractivity (Wildman–Crippen MR) is 119 cm³/mol. The molecule has 32 heavy (non-hydrogen) atoms. The number of anilines is 1. The third-order valence-electron chi connectivity index (χ3n) is 5.70. The standard InChI is InChI=1S/C23H26N6O3/c1-15-16(22(30)27-17-8-4-5-10-20(17)32-3)14-24-21(26-15)18-9-6-7-13-29(18)23(31)19-11-12-25-28(19)2/h4-5,8,10-12,14,18H,6-7,9,13H2,1-3H3,(H,27,30)/t18-/m0/s1. The summed E-state index contributed by atoms with van der Waals surface area (Å²) >= 11 is 0. The summed E-state index contributed by atoms with van der Waals surface area (Å²) in [4.78, 5) is 36.9. The molecule has 0 unspecified atom stereocenters. The molecule has 2 amide bonds. The smallest absolute Gasteiger partial charge is 0.272 e. The molecule has 1 aliphatic rings. The van der Waals surface area contributed by atoms with Gasteiger partial charge >= 0.3 is 0 Å². The lowest BCUT2D eigenvalue weighted by Gasteiger charge is -2.34. The molecular formula is C23H26N6O3. The van der Waals surface area contributed by atoms with Gasteiger partial charge in [0.25, 0.3) is 11.8 Å². The first-order valence-corrected chi connectivity index (χ1v) is 10.6. The number of carbonyl (C=O) groups excluding carboxylic acids is 2.